The van der Waals surface area contributed by atoms with Gasteiger partial charge in [0.05, 0.1) is 31.3 Å². The van der Waals surface area contributed by atoms with Crippen molar-refractivity contribution >= 4 is 23.4 Å². The lowest BCUT2D eigenvalue weighted by Gasteiger charge is -2.36. The number of benzene rings is 2. The molecule has 1 saturated heterocycles. The van der Waals surface area contributed by atoms with Crippen molar-refractivity contribution in [3.63, 3.8) is 0 Å². The van der Waals surface area contributed by atoms with Gasteiger partial charge in [0.2, 0.25) is 0 Å². The van der Waals surface area contributed by atoms with Crippen LogP contribution in [-0.4, -0.2) is 76.2 Å². The average Bonchev–Trinajstić information content (AvgIpc) is 3.40. The minimum Gasteiger partial charge on any atom is -0.497 e. The van der Waals surface area contributed by atoms with E-state index in [2.05, 4.69) is 25.2 Å². The van der Waals surface area contributed by atoms with Crippen LogP contribution in [-0.2, 0) is 5.75 Å². The normalized spacial score (nSPS) is 13.5. The van der Waals surface area contributed by atoms with Crippen LogP contribution in [0.3, 0.4) is 0 Å². The molecule has 0 bridgehead atoms. The zero-order valence-corrected chi connectivity index (χ0v) is 21.5. The van der Waals surface area contributed by atoms with Crippen LogP contribution in [0.2, 0.25) is 0 Å². The highest BCUT2D eigenvalue weighted by molar-refractivity contribution is 7.98. The molecule has 4 aromatic rings. The van der Waals surface area contributed by atoms with Crippen molar-refractivity contribution in [3.05, 3.63) is 78.4 Å². The Morgan fingerprint density at radius 3 is 2.35 bits per heavy atom. The zero-order valence-electron chi connectivity index (χ0n) is 20.6. The Bertz CT molecular complexity index is 1340. The largest absolute Gasteiger partial charge is 0.497 e. The predicted molar refractivity (Wildman–Crippen MR) is 141 cm³/mol. The topological polar surface area (TPSA) is 98.5 Å². The van der Waals surface area contributed by atoms with Gasteiger partial charge in [-0.15, -0.1) is 5.10 Å². The summed E-state index contributed by atoms with van der Waals surface area (Å²) in [6, 6.07) is 17.2. The van der Waals surface area contributed by atoms with Gasteiger partial charge in [-0.25, -0.2) is 14.6 Å². The molecule has 1 fully saturated rings. The minimum atomic E-state index is -0.135. The number of anilines is 1. The summed E-state index contributed by atoms with van der Waals surface area (Å²) < 4.78 is 12.5. The van der Waals surface area contributed by atoms with Crippen LogP contribution in [0.5, 0.6) is 11.5 Å². The number of carbonyl (C=O) groups is 1. The molecule has 1 aliphatic rings. The second-order valence-corrected chi connectivity index (χ2v) is 9.21. The lowest BCUT2D eigenvalue weighted by Crippen LogP contribution is -2.49. The highest BCUT2D eigenvalue weighted by atomic mass is 32.2. The van der Waals surface area contributed by atoms with Gasteiger partial charge in [0.25, 0.3) is 5.91 Å². The predicted octanol–water partition coefficient (Wildman–Crippen LogP) is 3.33. The molecule has 1 aliphatic heterocycles. The number of nitrogens with zero attached hydrogens (tertiary/aromatic N) is 7. The number of ether oxygens (including phenoxy) is 2. The first kappa shape index (κ1) is 24.6. The Hall–Kier alpha value is -4.12. The third kappa shape index (κ3) is 5.36. The van der Waals surface area contributed by atoms with Gasteiger partial charge < -0.3 is 19.3 Å². The molecule has 37 heavy (non-hydrogen) atoms. The van der Waals surface area contributed by atoms with E-state index in [-0.39, 0.29) is 5.91 Å². The highest BCUT2D eigenvalue weighted by Crippen LogP contribution is 2.29. The van der Waals surface area contributed by atoms with Crippen LogP contribution >= 0.6 is 11.8 Å². The van der Waals surface area contributed by atoms with E-state index >= 15 is 0 Å². The van der Waals surface area contributed by atoms with Gasteiger partial charge >= 0.3 is 0 Å². The van der Waals surface area contributed by atoms with Crippen molar-refractivity contribution < 1.29 is 14.3 Å². The average molecular weight is 518 g/mol. The fourth-order valence-corrected chi connectivity index (χ4v) is 5.01. The van der Waals surface area contributed by atoms with E-state index in [9.17, 15) is 4.79 Å². The summed E-state index contributed by atoms with van der Waals surface area (Å²) in [5.74, 6) is 1.86. The van der Waals surface area contributed by atoms with Crippen LogP contribution in [0.1, 0.15) is 16.2 Å². The molecule has 0 unspecified atom stereocenters. The molecule has 10 nitrogen and oxygen atoms in total. The van der Waals surface area contributed by atoms with E-state index in [0.29, 0.717) is 48.5 Å². The van der Waals surface area contributed by atoms with Crippen molar-refractivity contribution in [1.82, 2.24) is 29.9 Å². The first-order valence-electron chi connectivity index (χ1n) is 11.8. The summed E-state index contributed by atoms with van der Waals surface area (Å²) in [6.07, 6.45) is 3.39. The third-order valence-electron chi connectivity index (χ3n) is 6.16. The van der Waals surface area contributed by atoms with Gasteiger partial charge in [0.1, 0.15) is 11.5 Å². The van der Waals surface area contributed by atoms with Gasteiger partial charge in [-0.05, 0) is 42.5 Å². The minimum absolute atomic E-state index is 0.135. The first-order valence-corrected chi connectivity index (χ1v) is 12.8. The molecule has 3 heterocycles. The number of carbonyl (C=O) groups excluding carboxylic acids is 1. The van der Waals surface area contributed by atoms with Gasteiger partial charge in [-0.1, -0.05) is 29.1 Å². The smallest absolute Gasteiger partial charge is 0.276 e. The van der Waals surface area contributed by atoms with Crippen molar-refractivity contribution in [3.8, 4) is 17.2 Å². The van der Waals surface area contributed by atoms with Crippen LogP contribution in [0.4, 0.5) is 5.69 Å². The fraction of sp³-hybridized carbons (Fsp3) is 0.269. The number of piperazine rings is 1. The maximum atomic E-state index is 13.6. The van der Waals surface area contributed by atoms with Gasteiger partial charge in [-0.2, -0.15) is 0 Å². The standard InChI is InChI=1S/C26H27N7O3S/c1-35-20-10-8-19(9-11-20)33-22(18-37-26-27-12-5-13-28-26)24(29-30-33)25(34)32-16-14-31(15-17-32)21-6-3-4-7-23(21)36-2/h3-13H,14-18H2,1-2H3. The molecule has 0 radical (unpaired) electrons. The molecule has 2 aromatic carbocycles. The molecule has 0 aliphatic carbocycles. The Labute approximate surface area is 219 Å². The van der Waals surface area contributed by atoms with Gasteiger partial charge in [-0.3, -0.25) is 4.79 Å². The molecule has 190 valence electrons. The molecule has 1 amide bonds. The number of rotatable bonds is 8. The quantitative estimate of drug-likeness (QED) is 0.257. The van der Waals surface area contributed by atoms with Crippen molar-refractivity contribution in [2.75, 3.05) is 45.3 Å². The van der Waals surface area contributed by atoms with Crippen LogP contribution < -0.4 is 14.4 Å². The molecule has 0 N–H and O–H groups in total. The Kier molecular flexibility index (Phi) is 7.50. The summed E-state index contributed by atoms with van der Waals surface area (Å²) >= 11 is 1.43. The van der Waals surface area contributed by atoms with Crippen molar-refractivity contribution in [2.24, 2.45) is 0 Å². The van der Waals surface area contributed by atoms with Gasteiger partial charge in [0, 0.05) is 44.3 Å². The Balaban J connectivity index is 1.37. The third-order valence-corrected chi connectivity index (χ3v) is 7.04. The van der Waals surface area contributed by atoms with E-state index in [1.807, 2.05) is 53.4 Å². The maximum Gasteiger partial charge on any atom is 0.276 e. The molecular weight excluding hydrogens is 490 g/mol. The number of hydrogen-bond donors (Lipinski definition) is 0. The molecule has 0 spiro atoms. The van der Waals surface area contributed by atoms with Gasteiger partial charge in [0.15, 0.2) is 10.9 Å². The second kappa shape index (κ2) is 11.3. The van der Waals surface area contributed by atoms with Crippen LogP contribution in [0, 0.1) is 0 Å². The van der Waals surface area contributed by atoms with Crippen LogP contribution in [0.25, 0.3) is 5.69 Å². The SMILES string of the molecule is COc1ccc(-n2nnc(C(=O)N3CCN(c4ccccc4OC)CC3)c2CSc2ncccn2)cc1. The van der Waals surface area contributed by atoms with E-state index in [0.717, 1.165) is 22.9 Å². The second-order valence-electron chi connectivity index (χ2n) is 8.27. The monoisotopic (exact) mass is 517 g/mol. The molecule has 11 heteroatoms. The number of methoxy groups -OCH3 is 2. The summed E-state index contributed by atoms with van der Waals surface area (Å²) in [6.45, 7) is 2.53. The maximum absolute atomic E-state index is 13.6. The fourth-order valence-electron chi connectivity index (χ4n) is 4.21. The molecule has 0 atom stereocenters. The summed E-state index contributed by atoms with van der Waals surface area (Å²) in [4.78, 5) is 26.3. The Morgan fingerprint density at radius 1 is 0.919 bits per heavy atom. The lowest BCUT2D eigenvalue weighted by atomic mass is 10.2. The summed E-state index contributed by atoms with van der Waals surface area (Å²) in [5, 5.41) is 9.30. The molecular formula is C26H27N7O3S. The molecule has 5 rings (SSSR count). The number of hydrogen-bond acceptors (Lipinski definition) is 9. The lowest BCUT2D eigenvalue weighted by molar-refractivity contribution is 0.0740. The van der Waals surface area contributed by atoms with Crippen molar-refractivity contribution in [1.29, 1.82) is 0 Å². The van der Waals surface area contributed by atoms with E-state index in [1.165, 1.54) is 11.8 Å². The number of thioether (sulfide) groups is 1. The number of para-hydroxylation sites is 2. The molecule has 2 aromatic heterocycles. The summed E-state index contributed by atoms with van der Waals surface area (Å²) in [7, 11) is 3.29. The first-order chi connectivity index (χ1) is 18.2. The van der Waals surface area contributed by atoms with E-state index in [1.54, 1.807) is 37.4 Å². The number of amides is 1. The van der Waals surface area contributed by atoms with Crippen molar-refractivity contribution in [2.45, 2.75) is 10.9 Å². The number of aromatic nitrogens is 5. The van der Waals surface area contributed by atoms with E-state index in [4.69, 9.17) is 9.47 Å². The summed E-state index contributed by atoms with van der Waals surface area (Å²) in [5.41, 5.74) is 2.85. The highest BCUT2D eigenvalue weighted by Gasteiger charge is 2.29. The Morgan fingerprint density at radius 2 is 1.65 bits per heavy atom. The molecule has 0 saturated carbocycles. The zero-order chi connectivity index (χ0) is 25.6. The van der Waals surface area contributed by atoms with Crippen LogP contribution in [0.15, 0.2) is 72.1 Å². The van der Waals surface area contributed by atoms with E-state index < -0.39 is 0 Å².